The van der Waals surface area contributed by atoms with Gasteiger partial charge in [0, 0.05) is 17.2 Å². The fraction of sp³-hybridized carbons (Fsp3) is 0.600. The van der Waals surface area contributed by atoms with E-state index in [1.165, 1.54) is 0 Å². The van der Waals surface area contributed by atoms with Crippen molar-refractivity contribution in [2.75, 3.05) is 19.7 Å². The molecule has 1 saturated heterocycles. The van der Waals surface area contributed by atoms with E-state index < -0.39 is 11.2 Å². The molecule has 6 heteroatoms. The first-order valence-corrected chi connectivity index (χ1v) is 7.79. The van der Waals surface area contributed by atoms with Crippen LogP contribution in [0.4, 0.5) is 0 Å². The molecule has 1 unspecified atom stereocenters. The van der Waals surface area contributed by atoms with Crippen LogP contribution in [0.2, 0.25) is 0 Å². The van der Waals surface area contributed by atoms with Crippen molar-refractivity contribution in [1.29, 1.82) is 0 Å². The summed E-state index contributed by atoms with van der Waals surface area (Å²) in [7, 11) is 0. The third kappa shape index (κ3) is 4.49. The molecule has 0 aromatic carbocycles. The smallest absolute Gasteiger partial charge is 0.332 e. The molecule has 1 aliphatic rings. The maximum Gasteiger partial charge on any atom is 0.332 e. The minimum atomic E-state index is -0.558. The number of nitrogens with one attached hydrogen (secondary N) is 1. The summed E-state index contributed by atoms with van der Waals surface area (Å²) in [5, 5.41) is 3.27. The van der Waals surface area contributed by atoms with Crippen LogP contribution in [0.15, 0.2) is 22.8 Å². The number of carbonyl (C=O) groups excluding carboxylic acids is 1. The van der Waals surface area contributed by atoms with Gasteiger partial charge in [-0.3, -0.25) is 4.98 Å². The van der Waals surface area contributed by atoms with Gasteiger partial charge in [-0.1, -0.05) is 0 Å². The molecule has 1 atom stereocenters. The number of halogens is 1. The van der Waals surface area contributed by atoms with Crippen molar-refractivity contribution >= 4 is 21.9 Å². The van der Waals surface area contributed by atoms with Crippen molar-refractivity contribution < 1.29 is 14.3 Å². The number of hydrogen-bond donors (Lipinski definition) is 1. The Morgan fingerprint density at radius 2 is 2.24 bits per heavy atom. The van der Waals surface area contributed by atoms with Crippen molar-refractivity contribution in [3.05, 3.63) is 28.5 Å². The third-order valence-electron chi connectivity index (χ3n) is 3.20. The van der Waals surface area contributed by atoms with Crippen molar-refractivity contribution in [3.63, 3.8) is 0 Å². The molecule has 2 rings (SSSR count). The van der Waals surface area contributed by atoms with E-state index in [1.54, 1.807) is 6.20 Å². The summed E-state index contributed by atoms with van der Waals surface area (Å²) in [5.74, 6) is -0.356. The molecule has 21 heavy (non-hydrogen) atoms. The van der Waals surface area contributed by atoms with Crippen LogP contribution in [0.1, 0.15) is 32.9 Å². The lowest BCUT2D eigenvalue weighted by atomic mass is 9.98. The first-order chi connectivity index (χ1) is 9.81. The minimum Gasteiger partial charge on any atom is -0.458 e. The number of pyridine rings is 1. The van der Waals surface area contributed by atoms with E-state index >= 15 is 0 Å². The Morgan fingerprint density at radius 3 is 2.76 bits per heavy atom. The van der Waals surface area contributed by atoms with Crippen LogP contribution in [0.5, 0.6) is 0 Å². The average Bonchev–Trinajstić information content (AvgIpc) is 2.85. The number of ether oxygens (including phenoxy) is 2. The first kappa shape index (κ1) is 16.4. The maximum absolute atomic E-state index is 11.8. The van der Waals surface area contributed by atoms with Gasteiger partial charge in [-0.15, -0.1) is 0 Å². The van der Waals surface area contributed by atoms with Gasteiger partial charge in [0.15, 0.2) is 0 Å². The van der Waals surface area contributed by atoms with E-state index in [9.17, 15) is 4.79 Å². The van der Waals surface area contributed by atoms with Gasteiger partial charge in [-0.25, -0.2) is 4.79 Å². The predicted octanol–water partition coefficient (Wildman–Crippen LogP) is 2.39. The van der Waals surface area contributed by atoms with E-state index in [0.29, 0.717) is 6.54 Å². The fourth-order valence-electron chi connectivity index (χ4n) is 2.30. The molecule has 1 aromatic rings. The molecule has 0 saturated carbocycles. The molecule has 0 aliphatic carbocycles. The van der Waals surface area contributed by atoms with Crippen molar-refractivity contribution in [3.8, 4) is 0 Å². The molecule has 1 N–H and O–H groups in total. The van der Waals surface area contributed by atoms with Gasteiger partial charge in [-0.05, 0) is 61.8 Å². The summed E-state index contributed by atoms with van der Waals surface area (Å²) < 4.78 is 12.1. The second-order valence-corrected chi connectivity index (χ2v) is 7.07. The summed E-state index contributed by atoms with van der Waals surface area (Å²) in [5.41, 5.74) is -0.228. The minimum absolute atomic E-state index is 0.0727. The zero-order valence-electron chi connectivity index (χ0n) is 12.6. The molecule has 0 spiro atoms. The Labute approximate surface area is 133 Å². The number of nitrogens with zero attached hydrogens (tertiary/aromatic N) is 1. The summed E-state index contributed by atoms with van der Waals surface area (Å²) in [6.07, 6.45) is 2.52. The van der Waals surface area contributed by atoms with Gasteiger partial charge in [0.2, 0.25) is 0 Å². The number of carbonyl (C=O) groups is 1. The van der Waals surface area contributed by atoms with Gasteiger partial charge in [0.25, 0.3) is 0 Å². The highest BCUT2D eigenvalue weighted by molar-refractivity contribution is 9.10. The lowest BCUT2D eigenvalue weighted by Gasteiger charge is -2.28. The Morgan fingerprint density at radius 1 is 1.48 bits per heavy atom. The Balaban J connectivity index is 2.06. The zero-order valence-corrected chi connectivity index (χ0v) is 14.2. The summed E-state index contributed by atoms with van der Waals surface area (Å²) >= 11 is 3.37. The van der Waals surface area contributed by atoms with Crippen LogP contribution in [0.3, 0.4) is 0 Å². The van der Waals surface area contributed by atoms with Crippen LogP contribution in [0.25, 0.3) is 0 Å². The van der Waals surface area contributed by atoms with Crippen molar-refractivity contribution in [2.45, 2.75) is 38.4 Å². The highest BCUT2D eigenvalue weighted by Crippen LogP contribution is 2.31. The van der Waals surface area contributed by atoms with Crippen molar-refractivity contribution in [1.82, 2.24) is 10.3 Å². The quantitative estimate of drug-likeness (QED) is 0.839. The van der Waals surface area contributed by atoms with Gasteiger partial charge in [0.05, 0.1) is 5.69 Å². The summed E-state index contributed by atoms with van der Waals surface area (Å²) in [6.45, 7) is 6.93. The Kier molecular flexibility index (Phi) is 5.01. The molecule has 1 aliphatic heterocycles. The third-order valence-corrected chi connectivity index (χ3v) is 3.67. The normalized spacial score (nSPS) is 22.3. The maximum atomic E-state index is 11.8. The molecule has 116 valence electrons. The largest absolute Gasteiger partial charge is 0.458 e. The highest BCUT2D eigenvalue weighted by atomic mass is 79.9. The Bertz CT molecular complexity index is 491. The van der Waals surface area contributed by atoms with Gasteiger partial charge >= 0.3 is 5.97 Å². The first-order valence-electron chi connectivity index (χ1n) is 6.99. The SMILES string of the molecule is CC(C)(C)OC(=O)COC1(c2ccc(Br)cn2)CCNC1. The predicted molar refractivity (Wildman–Crippen MR) is 82.9 cm³/mol. The second-order valence-electron chi connectivity index (χ2n) is 6.16. The van der Waals surface area contributed by atoms with E-state index in [4.69, 9.17) is 9.47 Å². The van der Waals surface area contributed by atoms with Crippen molar-refractivity contribution in [2.24, 2.45) is 0 Å². The van der Waals surface area contributed by atoms with E-state index in [0.717, 1.165) is 23.1 Å². The van der Waals surface area contributed by atoms with Crippen LogP contribution < -0.4 is 5.32 Å². The fourth-order valence-corrected chi connectivity index (χ4v) is 2.53. The van der Waals surface area contributed by atoms with Gasteiger partial charge in [-0.2, -0.15) is 0 Å². The molecule has 0 amide bonds. The van der Waals surface area contributed by atoms with Gasteiger partial charge < -0.3 is 14.8 Å². The molecular formula is C15H21BrN2O3. The monoisotopic (exact) mass is 356 g/mol. The molecule has 0 bridgehead atoms. The number of rotatable bonds is 4. The summed E-state index contributed by atoms with van der Waals surface area (Å²) in [6, 6.07) is 3.85. The van der Waals surface area contributed by atoms with Crippen LogP contribution in [-0.4, -0.2) is 36.3 Å². The topological polar surface area (TPSA) is 60.5 Å². The lowest BCUT2D eigenvalue weighted by Crippen LogP contribution is -2.36. The van der Waals surface area contributed by atoms with Crippen LogP contribution in [0, 0.1) is 0 Å². The molecule has 0 radical (unpaired) electrons. The highest BCUT2D eigenvalue weighted by Gasteiger charge is 2.39. The Hall–Kier alpha value is -0.980. The van der Waals surface area contributed by atoms with E-state index in [1.807, 2.05) is 32.9 Å². The zero-order chi connectivity index (χ0) is 15.5. The molecular weight excluding hydrogens is 336 g/mol. The van der Waals surface area contributed by atoms with Crippen LogP contribution >= 0.6 is 15.9 Å². The standard InChI is InChI=1S/C15H21BrN2O3/c1-14(2,3)21-13(19)9-20-15(6-7-17-10-15)12-5-4-11(16)8-18-12/h4-5,8,17H,6-7,9-10H2,1-3H3. The molecule has 1 fully saturated rings. The number of hydrogen-bond acceptors (Lipinski definition) is 5. The van der Waals surface area contributed by atoms with E-state index in [-0.39, 0.29) is 12.6 Å². The van der Waals surface area contributed by atoms with Crippen LogP contribution in [-0.2, 0) is 19.9 Å². The van der Waals surface area contributed by atoms with Gasteiger partial charge in [0.1, 0.15) is 17.8 Å². The average molecular weight is 357 g/mol. The molecule has 1 aromatic heterocycles. The number of esters is 1. The summed E-state index contributed by atoms with van der Waals surface area (Å²) in [4.78, 5) is 16.3. The van der Waals surface area contributed by atoms with E-state index in [2.05, 4.69) is 26.2 Å². The number of aromatic nitrogens is 1. The molecule has 5 nitrogen and oxygen atoms in total. The lowest BCUT2D eigenvalue weighted by molar-refractivity contribution is -0.167. The molecule has 2 heterocycles. The second kappa shape index (κ2) is 6.42.